The number of benzene rings is 2. The smallest absolute Gasteiger partial charge is 0.254 e. The predicted octanol–water partition coefficient (Wildman–Crippen LogP) is 4.35. The van der Waals surface area contributed by atoms with Crippen molar-refractivity contribution in [1.82, 2.24) is 15.0 Å². The summed E-state index contributed by atoms with van der Waals surface area (Å²) in [6, 6.07) is 11.0. The van der Waals surface area contributed by atoms with Crippen molar-refractivity contribution in [1.29, 1.82) is 0 Å². The van der Waals surface area contributed by atoms with E-state index < -0.39 is 0 Å². The highest BCUT2D eigenvalue weighted by molar-refractivity contribution is 5.95. The Kier molecular flexibility index (Phi) is 5.44. The Labute approximate surface area is 175 Å². The van der Waals surface area contributed by atoms with Crippen LogP contribution in [-0.2, 0) is 0 Å². The summed E-state index contributed by atoms with van der Waals surface area (Å²) in [6.07, 6.45) is 1.69. The highest BCUT2D eigenvalue weighted by atomic mass is 16.5. The van der Waals surface area contributed by atoms with E-state index in [9.17, 15) is 4.79 Å². The molecule has 1 amide bonds. The van der Waals surface area contributed by atoms with Gasteiger partial charge in [-0.1, -0.05) is 11.2 Å². The van der Waals surface area contributed by atoms with Crippen LogP contribution in [0.5, 0.6) is 11.5 Å². The molecule has 7 nitrogen and oxygen atoms in total. The average Bonchev–Trinajstić information content (AvgIpc) is 3.44. The molecule has 4 rings (SSSR count). The first-order chi connectivity index (χ1) is 14.5. The summed E-state index contributed by atoms with van der Waals surface area (Å²) in [5, 5.41) is 4.13. The molecule has 30 heavy (non-hydrogen) atoms. The third-order valence-electron chi connectivity index (χ3n) is 5.64. The average molecular weight is 407 g/mol. The highest BCUT2D eigenvalue weighted by Crippen LogP contribution is 2.35. The van der Waals surface area contributed by atoms with Gasteiger partial charge in [0.25, 0.3) is 5.91 Å². The number of amides is 1. The molecule has 1 aromatic heterocycles. The largest absolute Gasteiger partial charge is 0.493 e. The summed E-state index contributed by atoms with van der Waals surface area (Å²) in [6.45, 7) is 4.72. The molecule has 7 heteroatoms. The third-order valence-corrected chi connectivity index (χ3v) is 5.64. The number of rotatable bonds is 5. The Morgan fingerprint density at radius 2 is 1.87 bits per heavy atom. The number of carbonyl (C=O) groups excluding carboxylic acids is 1. The molecule has 0 spiro atoms. The molecular formula is C23H25N3O4. The minimum absolute atomic E-state index is 0.00790. The molecular weight excluding hydrogens is 382 g/mol. The van der Waals surface area contributed by atoms with Gasteiger partial charge in [0.1, 0.15) is 6.04 Å². The molecule has 0 bridgehead atoms. The van der Waals surface area contributed by atoms with E-state index in [0.717, 1.165) is 24.0 Å². The second kappa shape index (κ2) is 8.18. The van der Waals surface area contributed by atoms with Gasteiger partial charge < -0.3 is 18.9 Å². The summed E-state index contributed by atoms with van der Waals surface area (Å²) < 4.78 is 16.2. The van der Waals surface area contributed by atoms with E-state index in [2.05, 4.69) is 10.1 Å². The Morgan fingerprint density at radius 3 is 2.60 bits per heavy atom. The Morgan fingerprint density at radius 1 is 1.07 bits per heavy atom. The minimum atomic E-state index is -0.222. The van der Waals surface area contributed by atoms with Crippen LogP contribution in [-0.4, -0.2) is 41.7 Å². The molecule has 0 radical (unpaired) electrons. The number of ether oxygens (including phenoxy) is 2. The van der Waals surface area contributed by atoms with Gasteiger partial charge in [-0.05, 0) is 68.1 Å². The number of nitrogens with zero attached hydrogens (tertiary/aromatic N) is 3. The van der Waals surface area contributed by atoms with Crippen molar-refractivity contribution in [3.05, 3.63) is 59.0 Å². The zero-order valence-corrected chi connectivity index (χ0v) is 17.6. The van der Waals surface area contributed by atoms with Crippen LogP contribution < -0.4 is 9.47 Å². The molecule has 3 aromatic rings. The monoisotopic (exact) mass is 407 g/mol. The van der Waals surface area contributed by atoms with Gasteiger partial charge in [0.2, 0.25) is 11.7 Å². The van der Waals surface area contributed by atoms with Crippen LogP contribution in [0.3, 0.4) is 0 Å². The van der Waals surface area contributed by atoms with Crippen molar-refractivity contribution >= 4 is 5.91 Å². The third kappa shape index (κ3) is 3.63. The number of likely N-dealkylation sites (tertiary alicyclic amines) is 1. The lowest BCUT2D eigenvalue weighted by Crippen LogP contribution is -2.30. The van der Waals surface area contributed by atoms with Crippen LogP contribution in [0.25, 0.3) is 11.4 Å². The van der Waals surface area contributed by atoms with E-state index in [0.29, 0.717) is 35.3 Å². The second-order valence-electron chi connectivity index (χ2n) is 7.48. The van der Waals surface area contributed by atoms with E-state index in [1.165, 1.54) is 5.56 Å². The van der Waals surface area contributed by atoms with E-state index in [1.807, 2.05) is 43.0 Å². The molecule has 1 aliphatic rings. The van der Waals surface area contributed by atoms with Gasteiger partial charge in [-0.3, -0.25) is 4.79 Å². The standard InChI is InChI=1S/C23H25N3O4/c1-14-7-8-17(12-15(14)2)23(27)26-11-5-6-18(26)22-24-21(25-30-22)16-9-10-19(28-3)20(13-16)29-4/h7-10,12-13,18H,5-6,11H2,1-4H3. The van der Waals surface area contributed by atoms with Gasteiger partial charge in [0, 0.05) is 17.7 Å². The quantitative estimate of drug-likeness (QED) is 0.626. The number of hydrogen-bond donors (Lipinski definition) is 0. The van der Waals surface area contributed by atoms with Crippen molar-refractivity contribution in [3.8, 4) is 22.9 Å². The molecule has 0 aliphatic carbocycles. The summed E-state index contributed by atoms with van der Waals surface area (Å²) >= 11 is 0. The van der Waals surface area contributed by atoms with Gasteiger partial charge in [0.05, 0.1) is 14.2 Å². The summed E-state index contributed by atoms with van der Waals surface area (Å²) in [5.41, 5.74) is 3.71. The van der Waals surface area contributed by atoms with Crippen LogP contribution >= 0.6 is 0 Å². The lowest BCUT2D eigenvalue weighted by atomic mass is 10.1. The van der Waals surface area contributed by atoms with E-state index in [1.54, 1.807) is 26.4 Å². The van der Waals surface area contributed by atoms with Crippen molar-refractivity contribution in [2.75, 3.05) is 20.8 Å². The molecule has 2 heterocycles. The fourth-order valence-corrected chi connectivity index (χ4v) is 3.77. The molecule has 1 unspecified atom stereocenters. The maximum Gasteiger partial charge on any atom is 0.254 e. The second-order valence-corrected chi connectivity index (χ2v) is 7.48. The molecule has 1 fully saturated rings. The van der Waals surface area contributed by atoms with Crippen LogP contribution in [0.1, 0.15) is 46.3 Å². The van der Waals surface area contributed by atoms with Crippen LogP contribution in [0, 0.1) is 13.8 Å². The van der Waals surface area contributed by atoms with Gasteiger partial charge in [-0.2, -0.15) is 4.98 Å². The number of hydrogen-bond acceptors (Lipinski definition) is 6. The number of carbonyl (C=O) groups is 1. The fraction of sp³-hybridized carbons (Fsp3) is 0.348. The first kappa shape index (κ1) is 19.9. The normalized spacial score (nSPS) is 16.0. The Balaban J connectivity index is 1.59. The summed E-state index contributed by atoms with van der Waals surface area (Å²) in [7, 11) is 3.17. The minimum Gasteiger partial charge on any atom is -0.493 e. The van der Waals surface area contributed by atoms with E-state index in [-0.39, 0.29) is 11.9 Å². The zero-order valence-electron chi connectivity index (χ0n) is 17.6. The molecule has 2 aromatic carbocycles. The van der Waals surface area contributed by atoms with Crippen LogP contribution in [0.2, 0.25) is 0 Å². The van der Waals surface area contributed by atoms with Crippen molar-refractivity contribution in [2.24, 2.45) is 0 Å². The van der Waals surface area contributed by atoms with Gasteiger partial charge in [-0.15, -0.1) is 0 Å². The maximum absolute atomic E-state index is 13.1. The van der Waals surface area contributed by atoms with Gasteiger partial charge in [0.15, 0.2) is 11.5 Å². The van der Waals surface area contributed by atoms with Crippen molar-refractivity contribution in [2.45, 2.75) is 32.7 Å². The Hall–Kier alpha value is -3.35. The van der Waals surface area contributed by atoms with E-state index in [4.69, 9.17) is 14.0 Å². The summed E-state index contributed by atoms with van der Waals surface area (Å²) in [5.74, 6) is 2.12. The van der Waals surface area contributed by atoms with Crippen LogP contribution in [0.15, 0.2) is 40.9 Å². The van der Waals surface area contributed by atoms with Crippen molar-refractivity contribution in [3.63, 3.8) is 0 Å². The number of methoxy groups -OCH3 is 2. The number of aryl methyl sites for hydroxylation is 2. The first-order valence-corrected chi connectivity index (χ1v) is 9.96. The molecule has 1 saturated heterocycles. The fourth-order valence-electron chi connectivity index (χ4n) is 3.77. The number of aromatic nitrogens is 2. The molecule has 0 saturated carbocycles. The first-order valence-electron chi connectivity index (χ1n) is 9.96. The zero-order chi connectivity index (χ0) is 21.3. The molecule has 1 aliphatic heterocycles. The SMILES string of the molecule is COc1ccc(-c2noc(C3CCCN3C(=O)c3ccc(C)c(C)c3)n2)cc1OC. The topological polar surface area (TPSA) is 77.7 Å². The molecule has 1 atom stereocenters. The maximum atomic E-state index is 13.1. The highest BCUT2D eigenvalue weighted by Gasteiger charge is 2.34. The van der Waals surface area contributed by atoms with Gasteiger partial charge in [-0.25, -0.2) is 0 Å². The predicted molar refractivity (Wildman–Crippen MR) is 112 cm³/mol. The van der Waals surface area contributed by atoms with E-state index >= 15 is 0 Å². The Bertz CT molecular complexity index is 1080. The van der Waals surface area contributed by atoms with Crippen molar-refractivity contribution < 1.29 is 18.8 Å². The lowest BCUT2D eigenvalue weighted by molar-refractivity contribution is 0.0710. The van der Waals surface area contributed by atoms with Crippen LogP contribution in [0.4, 0.5) is 0 Å². The lowest BCUT2D eigenvalue weighted by Gasteiger charge is -2.22. The molecule has 156 valence electrons. The van der Waals surface area contributed by atoms with Gasteiger partial charge >= 0.3 is 0 Å². The molecule has 0 N–H and O–H groups in total. The summed E-state index contributed by atoms with van der Waals surface area (Å²) in [4.78, 5) is 19.5.